The summed E-state index contributed by atoms with van der Waals surface area (Å²) in [5.74, 6) is 0.884. The molecule has 0 radical (unpaired) electrons. The van der Waals surface area contributed by atoms with Gasteiger partial charge >= 0.3 is 12.0 Å². The molecule has 0 unspecified atom stereocenters. The molecule has 0 aromatic rings. The summed E-state index contributed by atoms with van der Waals surface area (Å²) in [6.45, 7) is 0.726. The third kappa shape index (κ3) is 2.18. The van der Waals surface area contributed by atoms with Gasteiger partial charge in [0.15, 0.2) is 0 Å². The normalized spacial score (nSPS) is 29.1. The number of carbonyl (C=O) groups excluding carboxylic acids is 1. The number of carbonyl (C=O) groups is 2. The first-order valence-corrected chi connectivity index (χ1v) is 7.63. The lowest BCUT2D eigenvalue weighted by Gasteiger charge is -2.23. The molecule has 18 heavy (non-hydrogen) atoms. The van der Waals surface area contributed by atoms with E-state index in [2.05, 4.69) is 5.32 Å². The summed E-state index contributed by atoms with van der Waals surface area (Å²) in [6, 6.07) is -0.870. The summed E-state index contributed by atoms with van der Waals surface area (Å²) in [7, 11) is 0. The van der Waals surface area contributed by atoms with Crippen molar-refractivity contribution in [3.8, 4) is 0 Å². The smallest absolute Gasteiger partial charge is 0.327 e. The maximum Gasteiger partial charge on any atom is 0.327 e. The number of aliphatic carboxylic acids is 1. The molecule has 2 amide bonds. The van der Waals surface area contributed by atoms with Crippen molar-refractivity contribution in [2.75, 3.05) is 18.2 Å². The second-order valence-electron chi connectivity index (χ2n) is 5.62. The number of carboxylic acids is 1. The van der Waals surface area contributed by atoms with Crippen LogP contribution in [0.5, 0.6) is 0 Å². The first kappa shape index (κ1) is 12.1. The molecule has 1 atom stereocenters. The van der Waals surface area contributed by atoms with Gasteiger partial charge in [-0.15, -0.1) is 11.8 Å². The van der Waals surface area contributed by atoms with E-state index in [-0.39, 0.29) is 6.03 Å². The SMILES string of the molecule is O=C(O)[C@@H]1CSCN1C(=O)NCC1(C2CC2)CC1. The molecule has 5 nitrogen and oxygen atoms in total. The van der Waals surface area contributed by atoms with E-state index in [0.717, 1.165) is 12.5 Å². The van der Waals surface area contributed by atoms with Gasteiger partial charge in [0.05, 0.1) is 5.88 Å². The van der Waals surface area contributed by atoms with Crippen LogP contribution in [0.15, 0.2) is 0 Å². The molecule has 0 aromatic carbocycles. The molecule has 0 spiro atoms. The fraction of sp³-hybridized carbons (Fsp3) is 0.833. The molecule has 0 bridgehead atoms. The van der Waals surface area contributed by atoms with Gasteiger partial charge in [-0.1, -0.05) is 0 Å². The first-order chi connectivity index (χ1) is 8.62. The highest BCUT2D eigenvalue weighted by atomic mass is 32.2. The van der Waals surface area contributed by atoms with Gasteiger partial charge in [0.25, 0.3) is 0 Å². The van der Waals surface area contributed by atoms with E-state index in [0.29, 0.717) is 17.0 Å². The van der Waals surface area contributed by atoms with E-state index in [4.69, 9.17) is 5.11 Å². The number of carboxylic acid groups (broad SMARTS) is 1. The lowest BCUT2D eigenvalue weighted by atomic mass is 10.0. The van der Waals surface area contributed by atoms with Crippen LogP contribution in [0.25, 0.3) is 0 Å². The zero-order chi connectivity index (χ0) is 12.8. The molecule has 3 aliphatic rings. The van der Waals surface area contributed by atoms with Crippen molar-refractivity contribution >= 4 is 23.8 Å². The molecule has 3 fully saturated rings. The number of urea groups is 1. The van der Waals surface area contributed by atoms with Crippen molar-refractivity contribution in [1.29, 1.82) is 0 Å². The number of nitrogens with one attached hydrogen (secondary N) is 1. The quantitative estimate of drug-likeness (QED) is 0.809. The fourth-order valence-corrected chi connectivity index (χ4v) is 3.93. The van der Waals surface area contributed by atoms with Gasteiger partial charge in [-0.05, 0) is 37.0 Å². The first-order valence-electron chi connectivity index (χ1n) is 6.47. The number of rotatable bonds is 4. The number of hydrogen-bond donors (Lipinski definition) is 2. The van der Waals surface area contributed by atoms with Gasteiger partial charge in [0.2, 0.25) is 0 Å². The molecule has 1 aliphatic heterocycles. The largest absolute Gasteiger partial charge is 0.480 e. The highest BCUT2D eigenvalue weighted by molar-refractivity contribution is 7.99. The average Bonchev–Trinajstić information content (AvgIpc) is 3.23. The molecular weight excluding hydrogens is 252 g/mol. The third-order valence-corrected chi connectivity index (χ3v) is 5.37. The zero-order valence-electron chi connectivity index (χ0n) is 10.2. The summed E-state index contributed by atoms with van der Waals surface area (Å²) < 4.78 is 0. The number of amides is 2. The Morgan fingerprint density at radius 2 is 2.11 bits per heavy atom. The van der Waals surface area contributed by atoms with Crippen molar-refractivity contribution in [2.24, 2.45) is 11.3 Å². The Labute approximate surface area is 110 Å². The van der Waals surface area contributed by atoms with Crippen molar-refractivity contribution in [2.45, 2.75) is 31.7 Å². The Hall–Kier alpha value is -0.910. The molecule has 6 heteroatoms. The maximum atomic E-state index is 12.0. The minimum Gasteiger partial charge on any atom is -0.480 e. The highest BCUT2D eigenvalue weighted by Gasteiger charge is 2.53. The molecule has 2 aliphatic carbocycles. The van der Waals surface area contributed by atoms with E-state index < -0.39 is 12.0 Å². The molecular formula is C12H18N2O3S. The summed E-state index contributed by atoms with van der Waals surface area (Å²) in [5, 5.41) is 12.0. The molecule has 1 heterocycles. The van der Waals surface area contributed by atoms with E-state index >= 15 is 0 Å². The van der Waals surface area contributed by atoms with Crippen LogP contribution < -0.4 is 5.32 Å². The van der Waals surface area contributed by atoms with Gasteiger partial charge in [-0.2, -0.15) is 0 Å². The van der Waals surface area contributed by atoms with Gasteiger partial charge in [-0.25, -0.2) is 9.59 Å². The monoisotopic (exact) mass is 270 g/mol. The molecule has 3 rings (SSSR count). The van der Waals surface area contributed by atoms with Crippen LogP contribution in [0, 0.1) is 11.3 Å². The second kappa shape index (κ2) is 4.33. The van der Waals surface area contributed by atoms with Gasteiger partial charge in [-0.3, -0.25) is 0 Å². The van der Waals surface area contributed by atoms with Crippen molar-refractivity contribution < 1.29 is 14.7 Å². The van der Waals surface area contributed by atoms with Crippen LogP contribution in [0.1, 0.15) is 25.7 Å². The van der Waals surface area contributed by atoms with Crippen LogP contribution in [-0.4, -0.2) is 46.2 Å². The molecule has 2 N–H and O–H groups in total. The standard InChI is InChI=1S/C12H18N2O3S/c15-10(16)9-5-18-7-14(9)11(17)13-6-12(3-4-12)8-1-2-8/h8-9H,1-7H2,(H,13,17)(H,15,16)/t9-/m0/s1. The van der Waals surface area contributed by atoms with Crippen LogP contribution in [0.3, 0.4) is 0 Å². The number of nitrogens with zero attached hydrogens (tertiary/aromatic N) is 1. The average molecular weight is 270 g/mol. The topological polar surface area (TPSA) is 69.6 Å². The second-order valence-corrected chi connectivity index (χ2v) is 6.62. The van der Waals surface area contributed by atoms with Crippen LogP contribution in [-0.2, 0) is 4.79 Å². The Balaban J connectivity index is 1.53. The third-order valence-electron chi connectivity index (χ3n) is 4.36. The highest BCUT2D eigenvalue weighted by Crippen LogP contribution is 2.60. The Morgan fingerprint density at radius 3 is 2.67 bits per heavy atom. The molecule has 100 valence electrons. The van der Waals surface area contributed by atoms with E-state index in [9.17, 15) is 9.59 Å². The van der Waals surface area contributed by atoms with Crippen molar-refractivity contribution in [3.63, 3.8) is 0 Å². The Bertz CT molecular complexity index is 380. The fourth-order valence-electron chi connectivity index (χ4n) is 2.79. The number of hydrogen-bond acceptors (Lipinski definition) is 3. The van der Waals surface area contributed by atoms with Gasteiger partial charge in [0, 0.05) is 12.3 Å². The zero-order valence-corrected chi connectivity index (χ0v) is 11.0. The van der Waals surface area contributed by atoms with Crippen molar-refractivity contribution in [3.05, 3.63) is 0 Å². The van der Waals surface area contributed by atoms with Crippen LogP contribution >= 0.6 is 11.8 Å². The minimum atomic E-state index is -0.904. The Morgan fingerprint density at radius 1 is 1.39 bits per heavy atom. The van der Waals surface area contributed by atoms with E-state index in [1.54, 1.807) is 0 Å². The van der Waals surface area contributed by atoms with Gasteiger partial charge < -0.3 is 15.3 Å². The summed E-state index contributed by atoms with van der Waals surface area (Å²) in [6.07, 6.45) is 5.03. The molecule has 2 saturated carbocycles. The lowest BCUT2D eigenvalue weighted by molar-refractivity contribution is -0.140. The van der Waals surface area contributed by atoms with E-state index in [1.807, 2.05) is 0 Å². The summed E-state index contributed by atoms with van der Waals surface area (Å²) in [5.41, 5.74) is 0.362. The number of thioether (sulfide) groups is 1. The molecule has 0 aromatic heterocycles. The van der Waals surface area contributed by atoms with Crippen LogP contribution in [0.2, 0.25) is 0 Å². The minimum absolute atomic E-state index is 0.209. The predicted octanol–water partition coefficient (Wildman–Crippen LogP) is 1.35. The van der Waals surface area contributed by atoms with Crippen LogP contribution in [0.4, 0.5) is 4.79 Å². The molecule has 1 saturated heterocycles. The van der Waals surface area contributed by atoms with E-state index in [1.165, 1.54) is 42.3 Å². The predicted molar refractivity (Wildman–Crippen MR) is 68.4 cm³/mol. The maximum absolute atomic E-state index is 12.0. The van der Waals surface area contributed by atoms with Crippen molar-refractivity contribution in [1.82, 2.24) is 10.2 Å². The Kier molecular flexibility index (Phi) is 2.92. The summed E-state index contributed by atoms with van der Waals surface area (Å²) in [4.78, 5) is 24.5. The summed E-state index contributed by atoms with van der Waals surface area (Å²) >= 11 is 1.50. The lowest BCUT2D eigenvalue weighted by Crippen LogP contribution is -2.48. The van der Waals surface area contributed by atoms with Gasteiger partial charge in [0.1, 0.15) is 6.04 Å².